The van der Waals surface area contributed by atoms with Crippen LogP contribution in [0.3, 0.4) is 0 Å². The second-order valence-corrected chi connectivity index (χ2v) is 5.50. The quantitative estimate of drug-likeness (QED) is 0.696. The molecule has 0 radical (unpaired) electrons. The Kier molecular flexibility index (Phi) is 4.58. The van der Waals surface area contributed by atoms with E-state index in [1.807, 2.05) is 12.1 Å². The molecule has 1 heterocycles. The average molecular weight is 272 g/mol. The van der Waals surface area contributed by atoms with Gasteiger partial charge in [0.1, 0.15) is 0 Å². The monoisotopic (exact) mass is 271 g/mol. The fourth-order valence-electron chi connectivity index (χ4n) is 2.57. The third-order valence-electron chi connectivity index (χ3n) is 3.55. The van der Waals surface area contributed by atoms with Gasteiger partial charge in [0.15, 0.2) is 0 Å². The molecule has 1 aromatic carbocycles. The molecule has 2 rings (SSSR count). The summed E-state index contributed by atoms with van der Waals surface area (Å²) in [6.45, 7) is 3.44. The van der Waals surface area contributed by atoms with Crippen LogP contribution >= 0.6 is 23.2 Å². The van der Waals surface area contributed by atoms with Crippen molar-refractivity contribution in [2.75, 3.05) is 11.4 Å². The Morgan fingerprint density at radius 2 is 2.12 bits per heavy atom. The minimum absolute atomic E-state index is 0.527. The maximum atomic E-state index is 6.03. The molecule has 0 bridgehead atoms. The van der Waals surface area contributed by atoms with Gasteiger partial charge < -0.3 is 4.90 Å². The van der Waals surface area contributed by atoms with Gasteiger partial charge in [0.2, 0.25) is 0 Å². The molecule has 0 saturated carbocycles. The van der Waals surface area contributed by atoms with Crippen molar-refractivity contribution in [1.29, 1.82) is 0 Å². The number of halogens is 2. The number of rotatable bonds is 2. The summed E-state index contributed by atoms with van der Waals surface area (Å²) >= 11 is 12.1. The van der Waals surface area contributed by atoms with Crippen LogP contribution in [-0.2, 0) is 5.88 Å². The lowest BCUT2D eigenvalue weighted by Gasteiger charge is -2.31. The van der Waals surface area contributed by atoms with Crippen LogP contribution in [0.2, 0.25) is 5.02 Å². The summed E-state index contributed by atoms with van der Waals surface area (Å²) in [7, 11) is 0. The standard InChI is InChI=1S/C14H19Cl2N/c1-11-5-3-2-4-8-17(11)14-7-6-13(16)9-12(14)10-15/h6-7,9,11H,2-5,8,10H2,1H3. The van der Waals surface area contributed by atoms with Gasteiger partial charge in [0.25, 0.3) is 0 Å². The van der Waals surface area contributed by atoms with E-state index in [-0.39, 0.29) is 0 Å². The summed E-state index contributed by atoms with van der Waals surface area (Å²) in [6, 6.07) is 6.66. The Hall–Kier alpha value is -0.400. The van der Waals surface area contributed by atoms with E-state index in [0.717, 1.165) is 17.1 Å². The zero-order chi connectivity index (χ0) is 12.3. The number of anilines is 1. The number of alkyl halides is 1. The second kappa shape index (κ2) is 5.97. The van der Waals surface area contributed by atoms with Crippen molar-refractivity contribution in [3.05, 3.63) is 28.8 Å². The molecule has 1 saturated heterocycles. The number of nitrogens with zero attached hydrogens (tertiary/aromatic N) is 1. The zero-order valence-electron chi connectivity index (χ0n) is 10.3. The maximum absolute atomic E-state index is 6.03. The van der Waals surface area contributed by atoms with Crippen LogP contribution in [0.15, 0.2) is 18.2 Å². The number of hydrogen-bond acceptors (Lipinski definition) is 1. The predicted octanol–water partition coefficient (Wildman–Crippen LogP) is 4.85. The lowest BCUT2D eigenvalue weighted by Crippen LogP contribution is -2.33. The molecule has 0 amide bonds. The van der Waals surface area contributed by atoms with E-state index in [4.69, 9.17) is 23.2 Å². The van der Waals surface area contributed by atoms with Gasteiger partial charge in [-0.1, -0.05) is 24.4 Å². The Morgan fingerprint density at radius 1 is 1.29 bits per heavy atom. The molecule has 0 N–H and O–H groups in total. The Balaban J connectivity index is 2.30. The third-order valence-corrected chi connectivity index (χ3v) is 4.07. The Labute approximate surface area is 114 Å². The van der Waals surface area contributed by atoms with E-state index >= 15 is 0 Å². The van der Waals surface area contributed by atoms with Crippen molar-refractivity contribution in [3.63, 3.8) is 0 Å². The number of hydrogen-bond donors (Lipinski definition) is 0. The van der Waals surface area contributed by atoms with Crippen LogP contribution in [0.1, 0.15) is 38.2 Å². The predicted molar refractivity (Wildman–Crippen MR) is 76.3 cm³/mol. The summed E-state index contributed by atoms with van der Waals surface area (Å²) in [5, 5.41) is 0.770. The lowest BCUT2D eigenvalue weighted by molar-refractivity contribution is 0.615. The average Bonchev–Trinajstić information content (AvgIpc) is 2.54. The van der Waals surface area contributed by atoms with Gasteiger partial charge in [-0.05, 0) is 43.5 Å². The smallest absolute Gasteiger partial charge is 0.0495 e. The highest BCUT2D eigenvalue weighted by Crippen LogP contribution is 2.30. The highest BCUT2D eigenvalue weighted by Gasteiger charge is 2.19. The van der Waals surface area contributed by atoms with E-state index in [1.54, 1.807) is 0 Å². The molecule has 1 fully saturated rings. The van der Waals surface area contributed by atoms with Crippen molar-refractivity contribution in [1.82, 2.24) is 0 Å². The molecule has 0 spiro atoms. The summed E-state index contributed by atoms with van der Waals surface area (Å²) in [6.07, 6.45) is 5.21. The first-order valence-corrected chi connectivity index (χ1v) is 7.24. The Bertz CT molecular complexity index is 378. The molecule has 1 atom stereocenters. The zero-order valence-corrected chi connectivity index (χ0v) is 11.8. The van der Waals surface area contributed by atoms with Crippen molar-refractivity contribution in [2.24, 2.45) is 0 Å². The Morgan fingerprint density at radius 3 is 2.88 bits per heavy atom. The van der Waals surface area contributed by atoms with Crippen LogP contribution in [0, 0.1) is 0 Å². The van der Waals surface area contributed by atoms with Crippen LogP contribution < -0.4 is 4.90 Å². The lowest BCUT2D eigenvalue weighted by atomic mass is 10.1. The van der Waals surface area contributed by atoms with E-state index < -0.39 is 0 Å². The van der Waals surface area contributed by atoms with E-state index in [1.165, 1.54) is 31.4 Å². The molecule has 17 heavy (non-hydrogen) atoms. The topological polar surface area (TPSA) is 3.24 Å². The van der Waals surface area contributed by atoms with Crippen LogP contribution in [0.4, 0.5) is 5.69 Å². The first kappa shape index (κ1) is 13.0. The third kappa shape index (κ3) is 3.08. The molecule has 1 aliphatic heterocycles. The van der Waals surface area contributed by atoms with Crippen LogP contribution in [0.5, 0.6) is 0 Å². The minimum atomic E-state index is 0.527. The van der Waals surface area contributed by atoms with Crippen LogP contribution in [-0.4, -0.2) is 12.6 Å². The van der Waals surface area contributed by atoms with E-state index in [9.17, 15) is 0 Å². The van der Waals surface area contributed by atoms with Gasteiger partial charge in [0.05, 0.1) is 0 Å². The maximum Gasteiger partial charge on any atom is 0.0495 e. The first-order chi connectivity index (χ1) is 8.22. The fraction of sp³-hybridized carbons (Fsp3) is 0.571. The summed E-state index contributed by atoms with van der Waals surface area (Å²) in [4.78, 5) is 2.49. The highest BCUT2D eigenvalue weighted by atomic mass is 35.5. The van der Waals surface area contributed by atoms with Gasteiger partial charge in [-0.3, -0.25) is 0 Å². The van der Waals surface area contributed by atoms with Gasteiger partial charge in [-0.15, -0.1) is 11.6 Å². The molecular formula is C14H19Cl2N. The first-order valence-electron chi connectivity index (χ1n) is 6.33. The summed E-state index contributed by atoms with van der Waals surface area (Å²) in [5.74, 6) is 0.527. The molecule has 0 aliphatic carbocycles. The fourth-order valence-corrected chi connectivity index (χ4v) is 2.98. The largest absolute Gasteiger partial charge is 0.369 e. The second-order valence-electron chi connectivity index (χ2n) is 4.80. The molecular weight excluding hydrogens is 253 g/mol. The molecule has 1 nitrogen and oxygen atoms in total. The molecule has 94 valence electrons. The molecule has 1 aliphatic rings. The van der Waals surface area contributed by atoms with Gasteiger partial charge >= 0.3 is 0 Å². The van der Waals surface area contributed by atoms with Crippen LogP contribution in [0.25, 0.3) is 0 Å². The normalized spacial score (nSPS) is 21.4. The van der Waals surface area contributed by atoms with Gasteiger partial charge in [-0.2, -0.15) is 0 Å². The molecule has 1 aromatic rings. The van der Waals surface area contributed by atoms with Gasteiger partial charge in [-0.25, -0.2) is 0 Å². The molecule has 0 aromatic heterocycles. The van der Waals surface area contributed by atoms with Crippen molar-refractivity contribution >= 4 is 28.9 Å². The van der Waals surface area contributed by atoms with E-state index in [2.05, 4.69) is 17.9 Å². The van der Waals surface area contributed by atoms with Crippen molar-refractivity contribution < 1.29 is 0 Å². The highest BCUT2D eigenvalue weighted by molar-refractivity contribution is 6.30. The van der Waals surface area contributed by atoms with E-state index in [0.29, 0.717) is 11.9 Å². The van der Waals surface area contributed by atoms with Gasteiger partial charge in [0, 0.05) is 29.2 Å². The number of benzene rings is 1. The molecule has 3 heteroatoms. The van der Waals surface area contributed by atoms with Crippen molar-refractivity contribution in [2.45, 2.75) is 44.5 Å². The minimum Gasteiger partial charge on any atom is -0.369 e. The SMILES string of the molecule is CC1CCCCCN1c1ccc(Cl)cc1CCl. The summed E-state index contributed by atoms with van der Waals surface area (Å²) in [5.41, 5.74) is 2.41. The molecule has 1 unspecified atom stereocenters. The summed E-state index contributed by atoms with van der Waals surface area (Å²) < 4.78 is 0. The van der Waals surface area contributed by atoms with Crippen molar-refractivity contribution in [3.8, 4) is 0 Å².